The van der Waals surface area contributed by atoms with Crippen molar-refractivity contribution in [2.24, 2.45) is 0 Å². The number of aliphatic carboxylic acids is 1. The van der Waals surface area contributed by atoms with Gasteiger partial charge in [0.1, 0.15) is 5.54 Å². The largest absolute Gasteiger partial charge is 0.480 e. The first kappa shape index (κ1) is 15.8. The third kappa shape index (κ3) is 2.77. The van der Waals surface area contributed by atoms with Crippen molar-refractivity contribution < 1.29 is 14.7 Å². The van der Waals surface area contributed by atoms with Crippen LogP contribution in [-0.2, 0) is 15.0 Å². The summed E-state index contributed by atoms with van der Waals surface area (Å²) in [5, 5.41) is 12.8. The van der Waals surface area contributed by atoms with Crippen LogP contribution in [0.3, 0.4) is 0 Å². The molecule has 1 saturated carbocycles. The Labute approximate surface area is 129 Å². The number of carboxylic acids is 1. The third-order valence-corrected chi connectivity index (χ3v) is 4.80. The quantitative estimate of drug-likeness (QED) is 0.848. The lowest BCUT2D eigenvalue weighted by molar-refractivity contribution is -0.148. The SMILES string of the molecule is CCC(CC)(NC(=O)C1(c2ccc(Cl)cc2)CC1)C(=O)O. The molecule has 0 saturated heterocycles. The van der Waals surface area contributed by atoms with Gasteiger partial charge in [-0.25, -0.2) is 4.79 Å². The molecule has 5 heteroatoms. The van der Waals surface area contributed by atoms with Crippen molar-refractivity contribution in [3.05, 3.63) is 34.9 Å². The van der Waals surface area contributed by atoms with E-state index < -0.39 is 16.9 Å². The summed E-state index contributed by atoms with van der Waals surface area (Å²) >= 11 is 5.88. The number of nitrogens with one attached hydrogen (secondary N) is 1. The summed E-state index contributed by atoms with van der Waals surface area (Å²) in [7, 11) is 0. The van der Waals surface area contributed by atoms with Crippen LogP contribution in [0.2, 0.25) is 5.02 Å². The van der Waals surface area contributed by atoms with Gasteiger partial charge in [-0.05, 0) is 43.4 Å². The Morgan fingerprint density at radius 2 is 1.76 bits per heavy atom. The molecule has 1 aromatic carbocycles. The van der Waals surface area contributed by atoms with Crippen molar-refractivity contribution in [3.63, 3.8) is 0 Å². The number of carbonyl (C=O) groups excluding carboxylic acids is 1. The zero-order chi connectivity index (χ0) is 15.7. The second-order valence-corrected chi connectivity index (χ2v) is 6.07. The molecule has 1 fully saturated rings. The van der Waals surface area contributed by atoms with Crippen LogP contribution < -0.4 is 5.32 Å². The van der Waals surface area contributed by atoms with Crippen LogP contribution in [0.1, 0.15) is 45.1 Å². The highest BCUT2D eigenvalue weighted by molar-refractivity contribution is 6.30. The molecular weight excluding hydrogens is 290 g/mol. The molecule has 0 atom stereocenters. The van der Waals surface area contributed by atoms with Gasteiger partial charge in [0.2, 0.25) is 5.91 Å². The maximum absolute atomic E-state index is 12.6. The van der Waals surface area contributed by atoms with E-state index in [1.54, 1.807) is 26.0 Å². The second-order valence-electron chi connectivity index (χ2n) is 5.64. The van der Waals surface area contributed by atoms with Crippen molar-refractivity contribution in [3.8, 4) is 0 Å². The molecule has 114 valence electrons. The predicted molar refractivity (Wildman–Crippen MR) is 81.5 cm³/mol. The zero-order valence-electron chi connectivity index (χ0n) is 12.3. The van der Waals surface area contributed by atoms with Gasteiger partial charge in [0.15, 0.2) is 0 Å². The average Bonchev–Trinajstić information content (AvgIpc) is 3.26. The summed E-state index contributed by atoms with van der Waals surface area (Å²) in [6.07, 6.45) is 2.20. The first-order valence-electron chi connectivity index (χ1n) is 7.22. The lowest BCUT2D eigenvalue weighted by atomic mass is 9.89. The first-order chi connectivity index (χ1) is 9.90. The number of benzene rings is 1. The predicted octanol–water partition coefficient (Wildman–Crippen LogP) is 3.13. The molecule has 0 unspecified atom stereocenters. The molecule has 4 nitrogen and oxygen atoms in total. The fourth-order valence-electron chi connectivity index (χ4n) is 2.66. The van der Waals surface area contributed by atoms with Gasteiger partial charge >= 0.3 is 5.97 Å². The molecule has 1 aromatic rings. The van der Waals surface area contributed by atoms with Crippen molar-refractivity contribution in [2.75, 3.05) is 0 Å². The monoisotopic (exact) mass is 309 g/mol. The minimum Gasteiger partial charge on any atom is -0.480 e. The molecule has 1 aliphatic carbocycles. The highest BCUT2D eigenvalue weighted by atomic mass is 35.5. The fourth-order valence-corrected chi connectivity index (χ4v) is 2.79. The van der Waals surface area contributed by atoms with Crippen LogP contribution in [0.4, 0.5) is 0 Å². The molecule has 21 heavy (non-hydrogen) atoms. The van der Waals surface area contributed by atoms with Gasteiger partial charge in [-0.3, -0.25) is 4.79 Å². The van der Waals surface area contributed by atoms with Crippen LogP contribution in [0.25, 0.3) is 0 Å². The summed E-state index contributed by atoms with van der Waals surface area (Å²) in [5.74, 6) is -1.18. The average molecular weight is 310 g/mol. The van der Waals surface area contributed by atoms with Crippen molar-refractivity contribution in [1.29, 1.82) is 0 Å². The highest BCUT2D eigenvalue weighted by Gasteiger charge is 2.53. The van der Waals surface area contributed by atoms with Crippen LogP contribution in [-0.4, -0.2) is 22.5 Å². The van der Waals surface area contributed by atoms with E-state index in [-0.39, 0.29) is 5.91 Å². The smallest absolute Gasteiger partial charge is 0.329 e. The topological polar surface area (TPSA) is 66.4 Å². The van der Waals surface area contributed by atoms with Crippen LogP contribution in [0.5, 0.6) is 0 Å². The van der Waals surface area contributed by atoms with E-state index in [1.807, 2.05) is 12.1 Å². The van der Waals surface area contributed by atoms with Gasteiger partial charge in [-0.15, -0.1) is 0 Å². The van der Waals surface area contributed by atoms with E-state index in [0.717, 1.165) is 18.4 Å². The number of amides is 1. The number of halogens is 1. The Morgan fingerprint density at radius 1 is 1.24 bits per heavy atom. The molecule has 0 radical (unpaired) electrons. The minimum absolute atomic E-state index is 0.198. The lowest BCUT2D eigenvalue weighted by Crippen LogP contribution is -2.56. The summed E-state index contributed by atoms with van der Waals surface area (Å²) in [5.41, 5.74) is -0.870. The van der Waals surface area contributed by atoms with Gasteiger partial charge in [0.05, 0.1) is 5.41 Å². The molecule has 1 amide bonds. The molecule has 0 spiro atoms. The number of rotatable bonds is 6. The van der Waals surface area contributed by atoms with Gasteiger partial charge in [-0.2, -0.15) is 0 Å². The second kappa shape index (κ2) is 5.68. The number of hydrogen-bond donors (Lipinski definition) is 2. The Hall–Kier alpha value is -1.55. The van der Waals surface area contributed by atoms with Crippen LogP contribution >= 0.6 is 11.6 Å². The highest BCUT2D eigenvalue weighted by Crippen LogP contribution is 2.49. The van der Waals surface area contributed by atoms with E-state index >= 15 is 0 Å². The van der Waals surface area contributed by atoms with Crippen molar-refractivity contribution in [2.45, 2.75) is 50.5 Å². The van der Waals surface area contributed by atoms with Crippen LogP contribution in [0, 0.1) is 0 Å². The Bertz CT molecular complexity index is 545. The molecular formula is C16H20ClNO3. The maximum Gasteiger partial charge on any atom is 0.329 e. The number of hydrogen-bond acceptors (Lipinski definition) is 2. The maximum atomic E-state index is 12.6. The van der Waals surface area contributed by atoms with E-state index in [1.165, 1.54) is 0 Å². The normalized spacial score (nSPS) is 16.3. The first-order valence-corrected chi connectivity index (χ1v) is 7.60. The Morgan fingerprint density at radius 3 is 2.14 bits per heavy atom. The van der Waals surface area contributed by atoms with Gasteiger partial charge in [-0.1, -0.05) is 37.6 Å². The molecule has 0 aliphatic heterocycles. The number of carbonyl (C=O) groups is 2. The van der Waals surface area contributed by atoms with Gasteiger partial charge in [0, 0.05) is 5.02 Å². The summed E-state index contributed by atoms with van der Waals surface area (Å²) in [4.78, 5) is 24.2. The van der Waals surface area contributed by atoms with Gasteiger partial charge < -0.3 is 10.4 Å². The van der Waals surface area contributed by atoms with E-state index in [9.17, 15) is 14.7 Å². The standard InChI is InChI=1S/C16H20ClNO3/c1-3-16(4-2,14(20)21)18-13(19)15(9-10-15)11-5-7-12(17)8-6-11/h5-8H,3-4,9-10H2,1-2H3,(H,18,19)(H,20,21). The summed E-state index contributed by atoms with van der Waals surface area (Å²) in [6, 6.07) is 7.20. The molecule has 2 rings (SSSR count). The van der Waals surface area contributed by atoms with Crippen molar-refractivity contribution >= 4 is 23.5 Å². The molecule has 2 N–H and O–H groups in total. The summed E-state index contributed by atoms with van der Waals surface area (Å²) < 4.78 is 0. The molecule has 1 aliphatic rings. The van der Waals surface area contributed by atoms with E-state index in [4.69, 9.17) is 11.6 Å². The van der Waals surface area contributed by atoms with Gasteiger partial charge in [0.25, 0.3) is 0 Å². The lowest BCUT2D eigenvalue weighted by Gasteiger charge is -2.30. The van der Waals surface area contributed by atoms with E-state index in [0.29, 0.717) is 17.9 Å². The van der Waals surface area contributed by atoms with Crippen LogP contribution in [0.15, 0.2) is 24.3 Å². The molecule has 0 aromatic heterocycles. The Balaban J connectivity index is 2.23. The number of carboxylic acid groups (broad SMARTS) is 1. The van der Waals surface area contributed by atoms with Crippen molar-refractivity contribution in [1.82, 2.24) is 5.32 Å². The fraction of sp³-hybridized carbons (Fsp3) is 0.500. The third-order valence-electron chi connectivity index (χ3n) is 4.55. The molecule has 0 bridgehead atoms. The summed E-state index contributed by atoms with van der Waals surface area (Å²) in [6.45, 7) is 3.56. The molecule has 0 heterocycles. The zero-order valence-corrected chi connectivity index (χ0v) is 13.0. The van der Waals surface area contributed by atoms with E-state index in [2.05, 4.69) is 5.32 Å². The Kier molecular flexibility index (Phi) is 4.28. The minimum atomic E-state index is -1.18.